The highest BCUT2D eigenvalue weighted by atomic mass is 16.2. The summed E-state index contributed by atoms with van der Waals surface area (Å²) >= 11 is 0. The van der Waals surface area contributed by atoms with Crippen molar-refractivity contribution in [1.82, 2.24) is 20.2 Å². The predicted octanol–water partition coefficient (Wildman–Crippen LogP) is 0.296. The number of hydrogen-bond acceptors (Lipinski definition) is 5. The largest absolute Gasteiger partial charge is 0.347 e. The maximum atomic E-state index is 12.3. The lowest BCUT2D eigenvalue weighted by atomic mass is 10.1. The van der Waals surface area contributed by atoms with Crippen molar-refractivity contribution < 1.29 is 4.79 Å². The van der Waals surface area contributed by atoms with Crippen LogP contribution < -0.4 is 10.2 Å². The molecular weight excluding hydrogens is 254 g/mol. The average molecular weight is 277 g/mol. The monoisotopic (exact) mass is 277 g/mol. The molecule has 6 nitrogen and oxygen atoms in total. The summed E-state index contributed by atoms with van der Waals surface area (Å²) in [6.45, 7) is 4.44. The minimum Gasteiger partial charge on any atom is -0.347 e. The molecule has 0 bridgehead atoms. The number of carbonyl (C=O) groups excluding carboxylic acids is 1. The van der Waals surface area contributed by atoms with E-state index in [9.17, 15) is 4.79 Å². The van der Waals surface area contributed by atoms with Crippen LogP contribution in [-0.4, -0.2) is 60.5 Å². The summed E-state index contributed by atoms with van der Waals surface area (Å²) in [5, 5.41) is 3.28. The van der Waals surface area contributed by atoms with Crippen LogP contribution in [0, 0.1) is 0 Å². The van der Waals surface area contributed by atoms with Crippen LogP contribution in [0.15, 0.2) is 12.4 Å². The molecule has 1 aliphatic heterocycles. The number of likely N-dealkylation sites (N-methyl/N-ethyl adjacent to an activating group) is 1. The van der Waals surface area contributed by atoms with Crippen molar-refractivity contribution in [3.8, 4) is 0 Å². The van der Waals surface area contributed by atoms with Gasteiger partial charge in [0.15, 0.2) is 0 Å². The Morgan fingerprint density at radius 3 is 3.00 bits per heavy atom. The van der Waals surface area contributed by atoms with Gasteiger partial charge in [-0.3, -0.25) is 4.79 Å². The number of carbonyl (C=O) groups is 1. The normalized spacial score (nSPS) is 18.9. The van der Waals surface area contributed by atoms with Crippen molar-refractivity contribution in [2.75, 3.05) is 38.6 Å². The van der Waals surface area contributed by atoms with Gasteiger partial charge in [-0.1, -0.05) is 13.3 Å². The molecule has 0 saturated carbocycles. The van der Waals surface area contributed by atoms with Crippen LogP contribution in [0.4, 0.5) is 5.82 Å². The summed E-state index contributed by atoms with van der Waals surface area (Å²) in [5.41, 5.74) is 1.03. The van der Waals surface area contributed by atoms with Crippen LogP contribution in [0.3, 0.4) is 0 Å². The van der Waals surface area contributed by atoms with E-state index in [1.165, 1.54) is 0 Å². The summed E-state index contributed by atoms with van der Waals surface area (Å²) < 4.78 is 0. The lowest BCUT2D eigenvalue weighted by Gasteiger charge is -2.37. The summed E-state index contributed by atoms with van der Waals surface area (Å²) in [6.07, 6.45) is 3.59. The fourth-order valence-electron chi connectivity index (χ4n) is 2.43. The molecule has 2 rings (SSSR count). The number of aryl methyl sites for hydroxylation is 1. The van der Waals surface area contributed by atoms with Gasteiger partial charge in [-0.25, -0.2) is 9.97 Å². The molecule has 2 heterocycles. The van der Waals surface area contributed by atoms with Gasteiger partial charge in [-0.15, -0.1) is 0 Å². The SMILES string of the molecule is CCCc1cc(N2CCNCC2C(=O)N(C)C)ncn1. The van der Waals surface area contributed by atoms with Crippen LogP contribution in [0.5, 0.6) is 0 Å². The number of anilines is 1. The Balaban J connectivity index is 2.23. The topological polar surface area (TPSA) is 61.4 Å². The molecule has 1 aliphatic rings. The third-order valence-electron chi connectivity index (χ3n) is 3.48. The standard InChI is InChI=1S/C14H23N5O/c1-4-5-11-8-13(17-10-16-11)19-7-6-15-9-12(19)14(20)18(2)3/h8,10,12,15H,4-7,9H2,1-3H3. The van der Waals surface area contributed by atoms with E-state index in [4.69, 9.17) is 0 Å². The molecular formula is C14H23N5O. The van der Waals surface area contributed by atoms with Crippen LogP contribution in [0.25, 0.3) is 0 Å². The van der Waals surface area contributed by atoms with Gasteiger partial charge in [-0.2, -0.15) is 0 Å². The van der Waals surface area contributed by atoms with Gasteiger partial charge in [0.1, 0.15) is 18.2 Å². The molecule has 1 aromatic heterocycles. The smallest absolute Gasteiger partial charge is 0.246 e. The molecule has 1 saturated heterocycles. The van der Waals surface area contributed by atoms with Gasteiger partial charge in [0.2, 0.25) is 5.91 Å². The van der Waals surface area contributed by atoms with Crippen LogP contribution in [0.2, 0.25) is 0 Å². The van der Waals surface area contributed by atoms with Crippen molar-refractivity contribution >= 4 is 11.7 Å². The Kier molecular flexibility index (Phi) is 4.89. The number of hydrogen-bond donors (Lipinski definition) is 1. The lowest BCUT2D eigenvalue weighted by molar-refractivity contribution is -0.130. The van der Waals surface area contributed by atoms with Gasteiger partial charge in [0.05, 0.1) is 0 Å². The number of nitrogens with one attached hydrogen (secondary N) is 1. The van der Waals surface area contributed by atoms with Gasteiger partial charge in [-0.05, 0) is 6.42 Å². The zero-order valence-corrected chi connectivity index (χ0v) is 12.5. The predicted molar refractivity (Wildman–Crippen MR) is 78.7 cm³/mol. The second kappa shape index (κ2) is 6.65. The van der Waals surface area contributed by atoms with Crippen LogP contribution >= 0.6 is 0 Å². The molecule has 1 fully saturated rings. The van der Waals surface area contributed by atoms with E-state index < -0.39 is 0 Å². The van der Waals surface area contributed by atoms with Crippen molar-refractivity contribution in [1.29, 1.82) is 0 Å². The molecule has 0 spiro atoms. The lowest BCUT2D eigenvalue weighted by Crippen LogP contribution is -2.58. The number of aromatic nitrogens is 2. The Bertz CT molecular complexity index is 463. The first-order chi connectivity index (χ1) is 9.63. The number of piperazine rings is 1. The summed E-state index contributed by atoms with van der Waals surface area (Å²) in [4.78, 5) is 24.6. The Labute approximate surface area is 120 Å². The molecule has 1 N–H and O–H groups in total. The molecule has 0 aliphatic carbocycles. The van der Waals surface area contributed by atoms with Gasteiger partial charge in [0.25, 0.3) is 0 Å². The maximum absolute atomic E-state index is 12.3. The highest BCUT2D eigenvalue weighted by Crippen LogP contribution is 2.17. The zero-order valence-electron chi connectivity index (χ0n) is 12.5. The second-order valence-corrected chi connectivity index (χ2v) is 5.26. The zero-order chi connectivity index (χ0) is 14.5. The maximum Gasteiger partial charge on any atom is 0.246 e. The molecule has 20 heavy (non-hydrogen) atoms. The van der Waals surface area contributed by atoms with E-state index in [-0.39, 0.29) is 11.9 Å². The first-order valence-corrected chi connectivity index (χ1v) is 7.13. The van der Waals surface area contributed by atoms with E-state index in [1.54, 1.807) is 25.3 Å². The Morgan fingerprint density at radius 1 is 1.50 bits per heavy atom. The molecule has 1 amide bonds. The molecule has 0 radical (unpaired) electrons. The number of nitrogens with zero attached hydrogens (tertiary/aromatic N) is 4. The van der Waals surface area contributed by atoms with Gasteiger partial charge in [0, 0.05) is 45.5 Å². The minimum absolute atomic E-state index is 0.104. The highest BCUT2D eigenvalue weighted by molar-refractivity contribution is 5.85. The van der Waals surface area contributed by atoms with E-state index >= 15 is 0 Å². The Morgan fingerprint density at radius 2 is 2.30 bits per heavy atom. The fourth-order valence-corrected chi connectivity index (χ4v) is 2.43. The number of amides is 1. The minimum atomic E-state index is -0.192. The van der Waals surface area contributed by atoms with Gasteiger partial charge >= 0.3 is 0 Å². The summed E-state index contributed by atoms with van der Waals surface area (Å²) in [5.74, 6) is 0.956. The summed E-state index contributed by atoms with van der Waals surface area (Å²) in [7, 11) is 3.58. The third kappa shape index (κ3) is 3.25. The third-order valence-corrected chi connectivity index (χ3v) is 3.48. The second-order valence-electron chi connectivity index (χ2n) is 5.26. The molecule has 1 unspecified atom stereocenters. The van der Waals surface area contributed by atoms with Crippen molar-refractivity contribution in [2.45, 2.75) is 25.8 Å². The quantitative estimate of drug-likeness (QED) is 0.857. The van der Waals surface area contributed by atoms with E-state index in [2.05, 4.69) is 27.1 Å². The van der Waals surface area contributed by atoms with E-state index in [0.29, 0.717) is 6.54 Å². The molecule has 0 aromatic carbocycles. The molecule has 6 heteroatoms. The summed E-state index contributed by atoms with van der Waals surface area (Å²) in [6, 6.07) is 1.81. The van der Waals surface area contributed by atoms with Crippen molar-refractivity contribution in [3.63, 3.8) is 0 Å². The van der Waals surface area contributed by atoms with Crippen LogP contribution in [-0.2, 0) is 11.2 Å². The average Bonchev–Trinajstić information content (AvgIpc) is 2.47. The number of rotatable bonds is 4. The molecule has 1 atom stereocenters. The first-order valence-electron chi connectivity index (χ1n) is 7.13. The molecule has 1 aromatic rings. The first kappa shape index (κ1) is 14.7. The fraction of sp³-hybridized carbons (Fsp3) is 0.643. The van der Waals surface area contributed by atoms with Gasteiger partial charge < -0.3 is 15.1 Å². The van der Waals surface area contributed by atoms with Crippen LogP contribution in [0.1, 0.15) is 19.0 Å². The van der Waals surface area contributed by atoms with Crippen molar-refractivity contribution in [2.24, 2.45) is 0 Å². The van der Waals surface area contributed by atoms with Crippen molar-refractivity contribution in [3.05, 3.63) is 18.1 Å². The molecule has 110 valence electrons. The van der Waals surface area contributed by atoms with E-state index in [1.807, 2.05) is 6.07 Å². The van der Waals surface area contributed by atoms with E-state index in [0.717, 1.165) is 37.4 Å². The Hall–Kier alpha value is -1.69. The highest BCUT2D eigenvalue weighted by Gasteiger charge is 2.30.